The van der Waals surface area contributed by atoms with Gasteiger partial charge in [-0.3, -0.25) is 4.90 Å². The molecule has 1 aromatic carbocycles. The molecule has 0 saturated carbocycles. The molecular formula is C13H16N4O2. The number of carboxylic acid groups (broad SMARTS) is 1. The maximum Gasteiger partial charge on any atom is 0.407 e. The molecule has 2 N–H and O–H groups in total. The molecule has 1 aliphatic heterocycles. The average Bonchev–Trinajstić information content (AvgIpc) is 2.46. The van der Waals surface area contributed by atoms with Crippen molar-refractivity contribution >= 4 is 6.09 Å². The van der Waals surface area contributed by atoms with E-state index < -0.39 is 6.09 Å². The molecule has 0 spiro atoms. The van der Waals surface area contributed by atoms with E-state index in [9.17, 15) is 4.79 Å². The van der Waals surface area contributed by atoms with Gasteiger partial charge in [-0.15, -0.1) is 0 Å². The van der Waals surface area contributed by atoms with Gasteiger partial charge in [-0.2, -0.15) is 5.26 Å². The zero-order valence-corrected chi connectivity index (χ0v) is 10.5. The van der Waals surface area contributed by atoms with Gasteiger partial charge in [0.1, 0.15) is 6.17 Å². The number of hydrogen-bond donors (Lipinski definition) is 2. The Morgan fingerprint density at radius 1 is 1.26 bits per heavy atom. The molecule has 100 valence electrons. The van der Waals surface area contributed by atoms with Crippen LogP contribution in [0.2, 0.25) is 0 Å². The fraction of sp³-hybridized carbons (Fsp3) is 0.385. The fourth-order valence-corrected chi connectivity index (χ4v) is 2.25. The van der Waals surface area contributed by atoms with Crippen LogP contribution in [0.1, 0.15) is 11.7 Å². The predicted molar refractivity (Wildman–Crippen MR) is 69.1 cm³/mol. The van der Waals surface area contributed by atoms with Crippen molar-refractivity contribution in [2.45, 2.75) is 6.17 Å². The first kappa shape index (κ1) is 13.2. The number of nitrogens with one attached hydrogen (secondary N) is 1. The van der Waals surface area contributed by atoms with Gasteiger partial charge in [0.25, 0.3) is 0 Å². The molecule has 2 rings (SSSR count). The second kappa shape index (κ2) is 6.07. The zero-order valence-electron chi connectivity index (χ0n) is 10.5. The Bertz CT molecular complexity index is 463. The molecule has 19 heavy (non-hydrogen) atoms. The maximum absolute atomic E-state index is 10.9. The van der Waals surface area contributed by atoms with Crippen molar-refractivity contribution in [2.24, 2.45) is 0 Å². The molecule has 1 heterocycles. The van der Waals surface area contributed by atoms with Crippen molar-refractivity contribution in [1.82, 2.24) is 15.1 Å². The van der Waals surface area contributed by atoms with E-state index in [-0.39, 0.29) is 6.17 Å². The topological polar surface area (TPSA) is 79.6 Å². The summed E-state index contributed by atoms with van der Waals surface area (Å²) in [6.07, 6.45) is 0.898. The van der Waals surface area contributed by atoms with Crippen LogP contribution in [-0.2, 0) is 0 Å². The molecule has 0 aliphatic carbocycles. The second-order valence-corrected chi connectivity index (χ2v) is 4.37. The van der Waals surface area contributed by atoms with Gasteiger partial charge < -0.3 is 15.3 Å². The molecule has 1 amide bonds. The predicted octanol–water partition coefficient (Wildman–Crippen LogP) is 1.05. The quantitative estimate of drug-likeness (QED) is 0.627. The summed E-state index contributed by atoms with van der Waals surface area (Å²) in [5.74, 6) is 0. The summed E-state index contributed by atoms with van der Waals surface area (Å²) in [7, 11) is 0. The number of nitrogens with zero attached hydrogens (tertiary/aromatic N) is 3. The number of nitriles is 1. The lowest BCUT2D eigenvalue weighted by atomic mass is 10.1. The first-order valence-corrected chi connectivity index (χ1v) is 6.14. The monoisotopic (exact) mass is 260 g/mol. The Morgan fingerprint density at radius 3 is 2.42 bits per heavy atom. The third-order valence-corrected chi connectivity index (χ3v) is 3.27. The molecule has 1 aromatic rings. The van der Waals surface area contributed by atoms with Crippen molar-refractivity contribution in [3.63, 3.8) is 0 Å². The van der Waals surface area contributed by atoms with Gasteiger partial charge in [0, 0.05) is 26.2 Å². The number of piperazine rings is 1. The first-order chi connectivity index (χ1) is 9.22. The van der Waals surface area contributed by atoms with Crippen LogP contribution in [0.5, 0.6) is 0 Å². The van der Waals surface area contributed by atoms with Crippen LogP contribution < -0.4 is 5.32 Å². The van der Waals surface area contributed by atoms with Crippen LogP contribution in [0.25, 0.3) is 0 Å². The maximum atomic E-state index is 10.9. The molecule has 0 radical (unpaired) electrons. The fourth-order valence-electron chi connectivity index (χ4n) is 2.25. The number of benzene rings is 1. The van der Waals surface area contributed by atoms with Crippen LogP contribution >= 0.6 is 0 Å². The van der Waals surface area contributed by atoms with Crippen LogP contribution in [0.15, 0.2) is 30.3 Å². The molecule has 1 fully saturated rings. The zero-order chi connectivity index (χ0) is 13.7. The van der Waals surface area contributed by atoms with Crippen molar-refractivity contribution < 1.29 is 9.90 Å². The van der Waals surface area contributed by atoms with Crippen LogP contribution in [0.3, 0.4) is 0 Å². The van der Waals surface area contributed by atoms with Gasteiger partial charge >= 0.3 is 6.09 Å². The number of amides is 1. The van der Waals surface area contributed by atoms with Crippen molar-refractivity contribution in [1.29, 1.82) is 5.26 Å². The first-order valence-electron chi connectivity index (χ1n) is 6.14. The van der Waals surface area contributed by atoms with Crippen molar-refractivity contribution in [3.8, 4) is 6.19 Å². The largest absolute Gasteiger partial charge is 0.465 e. The Balaban J connectivity index is 2.06. The van der Waals surface area contributed by atoms with E-state index in [4.69, 9.17) is 10.4 Å². The summed E-state index contributed by atoms with van der Waals surface area (Å²) in [5.41, 5.74) is 1.01. The lowest BCUT2D eigenvalue weighted by molar-refractivity contribution is 0.0796. The Labute approximate surface area is 111 Å². The van der Waals surface area contributed by atoms with Crippen LogP contribution in [0, 0.1) is 11.5 Å². The minimum absolute atomic E-state index is 0.192. The summed E-state index contributed by atoms with van der Waals surface area (Å²) >= 11 is 0. The Kier molecular flexibility index (Phi) is 4.21. The van der Waals surface area contributed by atoms with E-state index in [1.165, 1.54) is 4.90 Å². The van der Waals surface area contributed by atoms with E-state index >= 15 is 0 Å². The Hall–Kier alpha value is -2.26. The highest BCUT2D eigenvalue weighted by atomic mass is 16.4. The molecule has 0 bridgehead atoms. The van der Waals surface area contributed by atoms with E-state index in [0.29, 0.717) is 26.2 Å². The van der Waals surface area contributed by atoms with Gasteiger partial charge in [-0.1, -0.05) is 30.3 Å². The van der Waals surface area contributed by atoms with Gasteiger partial charge in [0.05, 0.1) is 0 Å². The molecular weight excluding hydrogens is 244 g/mol. The smallest absolute Gasteiger partial charge is 0.407 e. The normalized spacial score (nSPS) is 17.5. The highest BCUT2D eigenvalue weighted by Crippen LogP contribution is 2.19. The summed E-state index contributed by atoms with van der Waals surface area (Å²) in [4.78, 5) is 14.3. The third-order valence-electron chi connectivity index (χ3n) is 3.27. The lowest BCUT2D eigenvalue weighted by Crippen LogP contribution is -2.51. The number of hydrogen-bond acceptors (Lipinski definition) is 4. The van der Waals surface area contributed by atoms with Gasteiger partial charge in [-0.25, -0.2) is 4.79 Å². The summed E-state index contributed by atoms with van der Waals surface area (Å²) in [5, 5.41) is 20.6. The standard InChI is InChI=1S/C13H16N4O2/c14-10-15-12(11-4-2-1-3-5-11)16-6-8-17(9-7-16)13(18)19/h1-5,12,15H,6-9H2,(H,18,19). The van der Waals surface area contributed by atoms with Crippen LogP contribution in [-0.4, -0.2) is 47.2 Å². The summed E-state index contributed by atoms with van der Waals surface area (Å²) in [6.45, 7) is 2.15. The third kappa shape index (κ3) is 3.14. The van der Waals surface area contributed by atoms with Gasteiger partial charge in [-0.05, 0) is 5.56 Å². The number of rotatable bonds is 3. The van der Waals surface area contributed by atoms with Crippen molar-refractivity contribution in [2.75, 3.05) is 26.2 Å². The molecule has 1 saturated heterocycles. The molecule has 1 unspecified atom stereocenters. The highest BCUT2D eigenvalue weighted by Gasteiger charge is 2.26. The molecule has 6 nitrogen and oxygen atoms in total. The highest BCUT2D eigenvalue weighted by molar-refractivity contribution is 5.65. The minimum atomic E-state index is -0.885. The second-order valence-electron chi connectivity index (χ2n) is 4.37. The Morgan fingerprint density at radius 2 is 1.89 bits per heavy atom. The molecule has 1 atom stereocenters. The van der Waals surface area contributed by atoms with E-state index in [0.717, 1.165) is 5.56 Å². The summed E-state index contributed by atoms with van der Waals surface area (Å²) in [6, 6.07) is 9.69. The molecule has 0 aromatic heterocycles. The molecule has 1 aliphatic rings. The number of carbonyl (C=O) groups is 1. The van der Waals surface area contributed by atoms with Gasteiger partial charge in [0.2, 0.25) is 0 Å². The average molecular weight is 260 g/mol. The summed E-state index contributed by atoms with van der Waals surface area (Å²) < 4.78 is 0. The van der Waals surface area contributed by atoms with E-state index in [1.54, 1.807) is 0 Å². The van der Waals surface area contributed by atoms with E-state index in [1.807, 2.05) is 36.5 Å². The van der Waals surface area contributed by atoms with Gasteiger partial charge in [0.15, 0.2) is 6.19 Å². The van der Waals surface area contributed by atoms with Crippen LogP contribution in [0.4, 0.5) is 4.79 Å². The lowest BCUT2D eigenvalue weighted by Gasteiger charge is -2.37. The minimum Gasteiger partial charge on any atom is -0.465 e. The van der Waals surface area contributed by atoms with E-state index in [2.05, 4.69) is 10.2 Å². The molecule has 6 heteroatoms. The van der Waals surface area contributed by atoms with Crippen molar-refractivity contribution in [3.05, 3.63) is 35.9 Å². The SMILES string of the molecule is N#CNC(c1ccccc1)N1CCN(C(=O)O)CC1.